The van der Waals surface area contributed by atoms with Gasteiger partial charge < -0.3 is 10.1 Å². The van der Waals surface area contributed by atoms with Crippen LogP contribution in [0, 0.1) is 5.41 Å². The molecule has 14 heavy (non-hydrogen) atoms. The van der Waals surface area contributed by atoms with Gasteiger partial charge in [0.15, 0.2) is 0 Å². The Bertz CT molecular complexity index is 143. The summed E-state index contributed by atoms with van der Waals surface area (Å²) in [5.41, 5.74) is 0.584. The first-order valence-corrected chi connectivity index (χ1v) is 6.11. The summed E-state index contributed by atoms with van der Waals surface area (Å²) < 4.78 is 5.62. The van der Waals surface area contributed by atoms with Crippen molar-refractivity contribution in [2.24, 2.45) is 5.41 Å². The van der Waals surface area contributed by atoms with E-state index in [1.54, 1.807) is 0 Å². The van der Waals surface area contributed by atoms with Gasteiger partial charge >= 0.3 is 0 Å². The van der Waals surface area contributed by atoms with E-state index in [1.165, 1.54) is 45.2 Å². The van der Waals surface area contributed by atoms with Gasteiger partial charge in [-0.05, 0) is 24.7 Å². The van der Waals surface area contributed by atoms with Crippen LogP contribution in [0.2, 0.25) is 0 Å². The predicted molar refractivity (Wildman–Crippen MR) is 60.6 cm³/mol. The molecule has 0 saturated carbocycles. The van der Waals surface area contributed by atoms with Gasteiger partial charge in [0.05, 0.1) is 0 Å². The van der Waals surface area contributed by atoms with Crippen LogP contribution in [0.4, 0.5) is 0 Å². The number of ether oxygens (including phenoxy) is 1. The standard InChI is InChI=1S/C12H25NO/c1-3-5-8-14-9-7-12(6-4-2)10-13-11-12/h13H,3-11H2,1-2H3. The van der Waals surface area contributed by atoms with Gasteiger partial charge in [-0.25, -0.2) is 0 Å². The van der Waals surface area contributed by atoms with E-state index in [4.69, 9.17) is 4.74 Å². The minimum absolute atomic E-state index is 0.584. The average Bonchev–Trinajstić information content (AvgIpc) is 2.13. The summed E-state index contributed by atoms with van der Waals surface area (Å²) in [6, 6.07) is 0. The van der Waals surface area contributed by atoms with Crippen LogP contribution in [0.5, 0.6) is 0 Å². The lowest BCUT2D eigenvalue weighted by Gasteiger charge is -2.43. The van der Waals surface area contributed by atoms with Crippen molar-refractivity contribution in [1.29, 1.82) is 0 Å². The Morgan fingerprint density at radius 3 is 2.36 bits per heavy atom. The van der Waals surface area contributed by atoms with Crippen molar-refractivity contribution in [3.8, 4) is 0 Å². The van der Waals surface area contributed by atoms with E-state index < -0.39 is 0 Å². The zero-order chi connectivity index (χ0) is 10.3. The van der Waals surface area contributed by atoms with Gasteiger partial charge in [-0.2, -0.15) is 0 Å². The second-order valence-corrected chi connectivity index (χ2v) is 4.57. The molecule has 2 heteroatoms. The molecular formula is C12H25NO. The van der Waals surface area contributed by atoms with Crippen LogP contribution < -0.4 is 5.32 Å². The van der Waals surface area contributed by atoms with Crippen molar-refractivity contribution in [2.75, 3.05) is 26.3 Å². The van der Waals surface area contributed by atoms with Crippen molar-refractivity contribution in [3.63, 3.8) is 0 Å². The molecule has 0 atom stereocenters. The van der Waals surface area contributed by atoms with Gasteiger partial charge in [-0.15, -0.1) is 0 Å². The fourth-order valence-electron chi connectivity index (χ4n) is 2.12. The normalized spacial score (nSPS) is 19.3. The zero-order valence-electron chi connectivity index (χ0n) is 9.77. The van der Waals surface area contributed by atoms with Gasteiger partial charge in [-0.3, -0.25) is 0 Å². The topological polar surface area (TPSA) is 21.3 Å². The van der Waals surface area contributed by atoms with Crippen LogP contribution >= 0.6 is 0 Å². The molecule has 0 aromatic heterocycles. The summed E-state index contributed by atoms with van der Waals surface area (Å²) in [5.74, 6) is 0. The number of hydrogen-bond acceptors (Lipinski definition) is 2. The molecule has 0 aliphatic carbocycles. The largest absolute Gasteiger partial charge is 0.381 e. The van der Waals surface area contributed by atoms with E-state index in [9.17, 15) is 0 Å². The quantitative estimate of drug-likeness (QED) is 0.607. The van der Waals surface area contributed by atoms with E-state index in [1.807, 2.05) is 0 Å². The molecule has 1 aliphatic heterocycles. The first kappa shape index (κ1) is 12.0. The molecule has 1 fully saturated rings. The maximum absolute atomic E-state index is 5.62. The molecule has 1 saturated heterocycles. The molecule has 1 aliphatic rings. The molecule has 0 spiro atoms. The van der Waals surface area contributed by atoms with Gasteiger partial charge in [0.1, 0.15) is 0 Å². The Labute approximate surface area is 88.4 Å². The van der Waals surface area contributed by atoms with E-state index >= 15 is 0 Å². The first-order valence-electron chi connectivity index (χ1n) is 6.11. The second kappa shape index (κ2) is 6.41. The highest BCUT2D eigenvalue weighted by Crippen LogP contribution is 2.32. The highest BCUT2D eigenvalue weighted by molar-refractivity contribution is 4.91. The maximum atomic E-state index is 5.62. The summed E-state index contributed by atoms with van der Waals surface area (Å²) in [6.07, 6.45) is 6.35. The van der Waals surface area contributed by atoms with Crippen molar-refractivity contribution < 1.29 is 4.74 Å². The molecule has 1 rings (SSSR count). The third kappa shape index (κ3) is 3.58. The molecule has 0 bridgehead atoms. The Morgan fingerprint density at radius 1 is 1.07 bits per heavy atom. The van der Waals surface area contributed by atoms with Gasteiger partial charge in [0, 0.05) is 26.3 Å². The van der Waals surface area contributed by atoms with Crippen LogP contribution in [-0.4, -0.2) is 26.3 Å². The first-order chi connectivity index (χ1) is 6.83. The summed E-state index contributed by atoms with van der Waals surface area (Å²) >= 11 is 0. The van der Waals surface area contributed by atoms with Crippen LogP contribution in [0.25, 0.3) is 0 Å². The minimum Gasteiger partial charge on any atom is -0.381 e. The Morgan fingerprint density at radius 2 is 1.86 bits per heavy atom. The van der Waals surface area contributed by atoms with Crippen molar-refractivity contribution in [1.82, 2.24) is 5.32 Å². The van der Waals surface area contributed by atoms with E-state index in [0.717, 1.165) is 13.2 Å². The summed E-state index contributed by atoms with van der Waals surface area (Å²) in [4.78, 5) is 0. The molecule has 0 unspecified atom stereocenters. The van der Waals surface area contributed by atoms with E-state index in [-0.39, 0.29) is 0 Å². The fourth-order valence-corrected chi connectivity index (χ4v) is 2.12. The minimum atomic E-state index is 0.584. The van der Waals surface area contributed by atoms with E-state index in [2.05, 4.69) is 19.2 Å². The Kier molecular flexibility index (Phi) is 5.49. The van der Waals surface area contributed by atoms with Gasteiger partial charge in [-0.1, -0.05) is 26.7 Å². The zero-order valence-corrected chi connectivity index (χ0v) is 9.77. The number of hydrogen-bond donors (Lipinski definition) is 1. The third-order valence-electron chi connectivity index (χ3n) is 3.20. The molecule has 1 N–H and O–H groups in total. The lowest BCUT2D eigenvalue weighted by atomic mass is 9.75. The average molecular weight is 199 g/mol. The third-order valence-corrected chi connectivity index (χ3v) is 3.20. The molecule has 1 heterocycles. The molecule has 0 amide bonds. The van der Waals surface area contributed by atoms with Crippen LogP contribution in [0.1, 0.15) is 46.0 Å². The lowest BCUT2D eigenvalue weighted by molar-refractivity contribution is 0.0582. The summed E-state index contributed by atoms with van der Waals surface area (Å²) in [6.45, 7) is 8.81. The van der Waals surface area contributed by atoms with Crippen LogP contribution in [0.3, 0.4) is 0 Å². The highest BCUT2D eigenvalue weighted by Gasteiger charge is 2.35. The second-order valence-electron chi connectivity index (χ2n) is 4.57. The Hall–Kier alpha value is -0.0800. The monoisotopic (exact) mass is 199 g/mol. The smallest absolute Gasteiger partial charge is 0.0472 e. The molecule has 0 aromatic rings. The lowest BCUT2D eigenvalue weighted by Crippen LogP contribution is -2.53. The fraction of sp³-hybridized carbons (Fsp3) is 1.00. The van der Waals surface area contributed by atoms with Crippen molar-refractivity contribution in [3.05, 3.63) is 0 Å². The number of nitrogens with one attached hydrogen (secondary N) is 1. The molecule has 84 valence electrons. The van der Waals surface area contributed by atoms with Gasteiger partial charge in [0.2, 0.25) is 0 Å². The SMILES string of the molecule is CCCCOCCC1(CCC)CNC1. The van der Waals surface area contributed by atoms with E-state index in [0.29, 0.717) is 5.41 Å². The molecule has 0 radical (unpaired) electrons. The molecule has 2 nitrogen and oxygen atoms in total. The van der Waals surface area contributed by atoms with Crippen molar-refractivity contribution >= 4 is 0 Å². The number of unbranched alkanes of at least 4 members (excludes halogenated alkanes) is 1. The number of rotatable bonds is 8. The molecular weight excluding hydrogens is 174 g/mol. The maximum Gasteiger partial charge on any atom is 0.0472 e. The van der Waals surface area contributed by atoms with Gasteiger partial charge in [0.25, 0.3) is 0 Å². The molecule has 0 aromatic carbocycles. The Balaban J connectivity index is 2.03. The predicted octanol–water partition coefficient (Wildman–Crippen LogP) is 2.58. The summed E-state index contributed by atoms with van der Waals surface area (Å²) in [5, 5.41) is 3.38. The highest BCUT2D eigenvalue weighted by atomic mass is 16.5. The van der Waals surface area contributed by atoms with Crippen molar-refractivity contribution in [2.45, 2.75) is 46.0 Å². The van der Waals surface area contributed by atoms with Crippen LogP contribution in [0.15, 0.2) is 0 Å². The van der Waals surface area contributed by atoms with Crippen LogP contribution in [-0.2, 0) is 4.74 Å². The summed E-state index contributed by atoms with van der Waals surface area (Å²) in [7, 11) is 0.